The van der Waals surface area contributed by atoms with Crippen molar-refractivity contribution in [1.29, 1.82) is 0 Å². The van der Waals surface area contributed by atoms with Crippen LogP contribution in [0.2, 0.25) is 0 Å². The highest BCUT2D eigenvalue weighted by Crippen LogP contribution is 2.30. The van der Waals surface area contributed by atoms with Crippen LogP contribution >= 0.6 is 15.9 Å². The van der Waals surface area contributed by atoms with Gasteiger partial charge in [0, 0.05) is 17.4 Å². The fourth-order valence-corrected chi connectivity index (χ4v) is 2.93. The Hall–Kier alpha value is -1.04. The van der Waals surface area contributed by atoms with Crippen LogP contribution in [0.4, 0.5) is 13.2 Å². The SMILES string of the molecule is CCC(CC)(CBr)CNC(=O)c1cccc(C(F)(F)F)c1. The van der Waals surface area contributed by atoms with Gasteiger partial charge in [0.2, 0.25) is 0 Å². The molecule has 0 fully saturated rings. The summed E-state index contributed by atoms with van der Waals surface area (Å²) in [5.41, 5.74) is -0.856. The zero-order valence-corrected chi connectivity index (χ0v) is 13.6. The van der Waals surface area contributed by atoms with Crippen LogP contribution in [0.3, 0.4) is 0 Å². The largest absolute Gasteiger partial charge is 0.416 e. The molecule has 0 bridgehead atoms. The van der Waals surface area contributed by atoms with Crippen molar-refractivity contribution in [1.82, 2.24) is 5.32 Å². The molecule has 1 rings (SSSR count). The molecule has 0 heterocycles. The summed E-state index contributed by atoms with van der Waals surface area (Å²) in [6, 6.07) is 4.47. The third-order valence-corrected chi connectivity index (χ3v) is 5.05. The third-order valence-electron chi connectivity index (χ3n) is 3.86. The van der Waals surface area contributed by atoms with Crippen LogP contribution in [0.1, 0.15) is 42.6 Å². The van der Waals surface area contributed by atoms with Crippen molar-refractivity contribution >= 4 is 21.8 Å². The first-order valence-electron chi connectivity index (χ1n) is 6.79. The van der Waals surface area contributed by atoms with Gasteiger partial charge in [-0.1, -0.05) is 35.8 Å². The quantitative estimate of drug-likeness (QED) is 0.731. The molecule has 0 aliphatic heterocycles. The normalized spacial score (nSPS) is 12.3. The van der Waals surface area contributed by atoms with Gasteiger partial charge in [-0.25, -0.2) is 0 Å². The molecule has 0 atom stereocenters. The van der Waals surface area contributed by atoms with Crippen molar-refractivity contribution in [3.8, 4) is 0 Å². The number of amides is 1. The van der Waals surface area contributed by atoms with E-state index in [2.05, 4.69) is 21.2 Å². The molecule has 0 saturated heterocycles. The summed E-state index contributed by atoms with van der Waals surface area (Å²) in [5, 5.41) is 3.47. The van der Waals surface area contributed by atoms with Gasteiger partial charge in [-0.15, -0.1) is 0 Å². The minimum Gasteiger partial charge on any atom is -0.351 e. The van der Waals surface area contributed by atoms with E-state index < -0.39 is 17.6 Å². The lowest BCUT2D eigenvalue weighted by Gasteiger charge is -2.29. The summed E-state index contributed by atoms with van der Waals surface area (Å²) in [7, 11) is 0. The van der Waals surface area contributed by atoms with Crippen LogP contribution in [0.5, 0.6) is 0 Å². The lowest BCUT2D eigenvalue weighted by molar-refractivity contribution is -0.137. The maximum Gasteiger partial charge on any atom is 0.416 e. The smallest absolute Gasteiger partial charge is 0.351 e. The Morgan fingerprint density at radius 3 is 2.33 bits per heavy atom. The first-order chi connectivity index (χ1) is 9.78. The molecule has 118 valence electrons. The summed E-state index contributed by atoms with van der Waals surface area (Å²) in [6.45, 7) is 4.49. The fourth-order valence-electron chi connectivity index (χ4n) is 1.94. The second kappa shape index (κ2) is 7.29. The molecule has 0 aliphatic rings. The standard InChI is InChI=1S/C15H19BrF3NO/c1-3-14(4-2,9-16)10-20-13(21)11-6-5-7-12(8-11)15(17,18)19/h5-8H,3-4,9-10H2,1-2H3,(H,20,21). The third kappa shape index (κ3) is 4.73. The number of hydrogen-bond acceptors (Lipinski definition) is 1. The van der Waals surface area contributed by atoms with E-state index in [1.54, 1.807) is 0 Å². The number of carbonyl (C=O) groups excluding carboxylic acids is 1. The zero-order valence-electron chi connectivity index (χ0n) is 12.1. The zero-order chi connectivity index (χ0) is 16.1. The number of hydrogen-bond donors (Lipinski definition) is 1. The predicted molar refractivity (Wildman–Crippen MR) is 80.6 cm³/mol. The van der Waals surface area contributed by atoms with E-state index >= 15 is 0 Å². The van der Waals surface area contributed by atoms with Crippen LogP contribution in [-0.2, 0) is 6.18 Å². The maximum atomic E-state index is 12.6. The van der Waals surface area contributed by atoms with Gasteiger partial charge in [0.1, 0.15) is 0 Å². The molecule has 0 saturated carbocycles. The van der Waals surface area contributed by atoms with Crippen LogP contribution in [0, 0.1) is 5.41 Å². The molecule has 2 nitrogen and oxygen atoms in total. The number of halogens is 4. The lowest BCUT2D eigenvalue weighted by Crippen LogP contribution is -2.38. The Morgan fingerprint density at radius 2 is 1.86 bits per heavy atom. The number of nitrogens with one attached hydrogen (secondary N) is 1. The highest BCUT2D eigenvalue weighted by molar-refractivity contribution is 9.09. The van der Waals surface area contributed by atoms with Gasteiger partial charge < -0.3 is 5.32 Å². The summed E-state index contributed by atoms with van der Waals surface area (Å²) in [5.74, 6) is -0.478. The summed E-state index contributed by atoms with van der Waals surface area (Å²) in [6.07, 6.45) is -2.70. The Kier molecular flexibility index (Phi) is 6.25. The highest BCUT2D eigenvalue weighted by Gasteiger charge is 2.31. The average molecular weight is 366 g/mol. The van der Waals surface area contributed by atoms with Crippen molar-refractivity contribution in [2.24, 2.45) is 5.41 Å². The Bertz CT molecular complexity index is 476. The van der Waals surface area contributed by atoms with Gasteiger partial charge in [0.25, 0.3) is 5.91 Å². The second-order valence-electron chi connectivity index (χ2n) is 5.10. The molecular weight excluding hydrogens is 347 g/mol. The minimum absolute atomic E-state index is 0.0282. The maximum absolute atomic E-state index is 12.6. The number of benzene rings is 1. The monoisotopic (exact) mass is 365 g/mol. The minimum atomic E-state index is -4.44. The van der Waals surface area contributed by atoms with E-state index in [4.69, 9.17) is 0 Å². The van der Waals surface area contributed by atoms with Crippen LogP contribution < -0.4 is 5.32 Å². The van der Waals surface area contributed by atoms with Gasteiger partial charge in [-0.05, 0) is 36.5 Å². The Morgan fingerprint density at radius 1 is 1.24 bits per heavy atom. The molecule has 0 aromatic heterocycles. The van der Waals surface area contributed by atoms with E-state index in [0.29, 0.717) is 6.54 Å². The molecule has 6 heteroatoms. The highest BCUT2D eigenvalue weighted by atomic mass is 79.9. The van der Waals surface area contributed by atoms with Gasteiger partial charge >= 0.3 is 6.18 Å². The van der Waals surface area contributed by atoms with E-state index in [-0.39, 0.29) is 11.0 Å². The van der Waals surface area contributed by atoms with Crippen molar-refractivity contribution in [2.75, 3.05) is 11.9 Å². The lowest BCUT2D eigenvalue weighted by atomic mass is 9.84. The first kappa shape index (κ1) is 18.0. The van der Waals surface area contributed by atoms with Crippen LogP contribution in [0.15, 0.2) is 24.3 Å². The molecule has 0 aliphatic carbocycles. The molecule has 0 radical (unpaired) electrons. The van der Waals surface area contributed by atoms with Gasteiger partial charge in [-0.2, -0.15) is 13.2 Å². The van der Waals surface area contributed by atoms with Gasteiger partial charge in [0.15, 0.2) is 0 Å². The van der Waals surface area contributed by atoms with Crippen molar-refractivity contribution in [3.05, 3.63) is 35.4 Å². The van der Waals surface area contributed by atoms with Crippen molar-refractivity contribution < 1.29 is 18.0 Å². The second-order valence-corrected chi connectivity index (χ2v) is 5.66. The topological polar surface area (TPSA) is 29.1 Å². The van der Waals surface area contributed by atoms with E-state index in [0.717, 1.165) is 30.3 Å². The molecule has 1 N–H and O–H groups in total. The van der Waals surface area contributed by atoms with E-state index in [1.807, 2.05) is 13.8 Å². The van der Waals surface area contributed by atoms with E-state index in [9.17, 15) is 18.0 Å². The van der Waals surface area contributed by atoms with Crippen molar-refractivity contribution in [2.45, 2.75) is 32.9 Å². The van der Waals surface area contributed by atoms with Crippen LogP contribution in [-0.4, -0.2) is 17.8 Å². The van der Waals surface area contributed by atoms with Gasteiger partial charge in [0.05, 0.1) is 5.56 Å². The molecule has 0 unspecified atom stereocenters. The number of alkyl halides is 4. The molecule has 21 heavy (non-hydrogen) atoms. The number of rotatable bonds is 6. The van der Waals surface area contributed by atoms with E-state index in [1.165, 1.54) is 12.1 Å². The summed E-state index contributed by atoms with van der Waals surface area (Å²) in [4.78, 5) is 12.0. The fraction of sp³-hybridized carbons (Fsp3) is 0.533. The average Bonchev–Trinajstić information content (AvgIpc) is 2.48. The van der Waals surface area contributed by atoms with Crippen LogP contribution in [0.25, 0.3) is 0 Å². The number of carbonyl (C=O) groups is 1. The predicted octanol–water partition coefficient (Wildman–Crippen LogP) is 4.64. The first-order valence-corrected chi connectivity index (χ1v) is 7.91. The Labute approximate surface area is 131 Å². The molecule has 1 amide bonds. The molecule has 1 aromatic carbocycles. The Balaban J connectivity index is 2.81. The van der Waals surface area contributed by atoms with Crippen molar-refractivity contribution in [3.63, 3.8) is 0 Å². The summed E-state index contributed by atoms with van der Waals surface area (Å²) < 4.78 is 37.9. The molecular formula is C15H19BrF3NO. The summed E-state index contributed by atoms with van der Waals surface area (Å²) >= 11 is 3.44. The molecule has 0 spiro atoms. The van der Waals surface area contributed by atoms with Gasteiger partial charge in [-0.3, -0.25) is 4.79 Å². The molecule has 1 aromatic rings.